The molecule has 1 aliphatic rings. The van der Waals surface area contributed by atoms with Gasteiger partial charge in [0.1, 0.15) is 18.2 Å². The number of carbonyl (C=O) groups excluding carboxylic acids is 2. The lowest BCUT2D eigenvalue weighted by atomic mass is 10.2. The Labute approximate surface area is 169 Å². The second-order valence-electron chi connectivity index (χ2n) is 5.83. The van der Waals surface area contributed by atoms with Gasteiger partial charge in [0.2, 0.25) is 5.13 Å². The van der Waals surface area contributed by atoms with Crippen LogP contribution in [-0.2, 0) is 9.59 Å². The molecule has 1 aliphatic heterocycles. The molecule has 2 N–H and O–H groups in total. The van der Waals surface area contributed by atoms with E-state index in [0.29, 0.717) is 35.3 Å². The number of hydrogen-bond acceptors (Lipinski definition) is 8. The van der Waals surface area contributed by atoms with Gasteiger partial charge in [-0.2, -0.15) is 5.10 Å². The van der Waals surface area contributed by atoms with E-state index in [1.54, 1.807) is 18.2 Å². The molecule has 4 rings (SSSR count). The average molecular weight is 409 g/mol. The van der Waals surface area contributed by atoms with Crippen LogP contribution >= 0.6 is 11.3 Å². The maximum atomic E-state index is 12.0. The number of rotatable bonds is 4. The van der Waals surface area contributed by atoms with Gasteiger partial charge in [-0.3, -0.25) is 14.9 Å². The number of ether oxygens (including phenoxy) is 2. The highest BCUT2D eigenvalue weighted by molar-refractivity contribution is 7.18. The molecule has 0 unspecified atom stereocenters. The molecule has 0 aliphatic carbocycles. The highest BCUT2D eigenvalue weighted by atomic mass is 32.1. The van der Waals surface area contributed by atoms with Crippen LogP contribution in [0.2, 0.25) is 0 Å². The molecule has 10 heteroatoms. The third-order valence-corrected chi connectivity index (χ3v) is 4.71. The maximum Gasteiger partial charge on any atom is 0.329 e. The van der Waals surface area contributed by atoms with Gasteiger partial charge in [-0.15, -0.1) is 10.2 Å². The van der Waals surface area contributed by atoms with Crippen molar-refractivity contribution < 1.29 is 19.1 Å². The minimum absolute atomic E-state index is 0.222. The van der Waals surface area contributed by atoms with E-state index < -0.39 is 11.8 Å². The van der Waals surface area contributed by atoms with Gasteiger partial charge in [0.15, 0.2) is 11.5 Å². The summed E-state index contributed by atoms with van der Waals surface area (Å²) in [6.45, 7) is 0.981. The summed E-state index contributed by atoms with van der Waals surface area (Å²) in [7, 11) is 0. The number of hydrazone groups is 1. The fourth-order valence-electron chi connectivity index (χ4n) is 2.48. The predicted molar refractivity (Wildman–Crippen MR) is 107 cm³/mol. The highest BCUT2D eigenvalue weighted by Gasteiger charge is 2.16. The zero-order chi connectivity index (χ0) is 20.1. The molecule has 2 heterocycles. The number of benzene rings is 2. The topological polar surface area (TPSA) is 115 Å². The Morgan fingerprint density at radius 3 is 2.62 bits per heavy atom. The Kier molecular flexibility index (Phi) is 5.43. The van der Waals surface area contributed by atoms with Crippen molar-refractivity contribution in [1.29, 1.82) is 0 Å². The standard InChI is InChI=1S/C19H15N5O4S/c25-16(21-19-24-23-18(29-19)13-4-2-1-3-5-13)17(26)22-20-11-12-6-7-14-15(10-12)28-9-8-27-14/h1-7,10-11H,8-9H2,(H,22,26)(H,21,24,25)/b20-11-. The quantitative estimate of drug-likeness (QED) is 0.387. The molecule has 9 nitrogen and oxygen atoms in total. The van der Waals surface area contributed by atoms with E-state index in [9.17, 15) is 9.59 Å². The van der Waals surface area contributed by atoms with Crippen molar-refractivity contribution in [3.05, 3.63) is 54.1 Å². The Balaban J connectivity index is 1.32. The molecule has 29 heavy (non-hydrogen) atoms. The molecule has 0 saturated carbocycles. The number of carbonyl (C=O) groups is 2. The monoisotopic (exact) mass is 409 g/mol. The molecule has 0 bridgehead atoms. The summed E-state index contributed by atoms with van der Waals surface area (Å²) >= 11 is 1.17. The van der Waals surface area contributed by atoms with Crippen molar-refractivity contribution in [2.75, 3.05) is 18.5 Å². The first-order valence-corrected chi connectivity index (χ1v) is 9.44. The molecule has 0 fully saturated rings. The molecular formula is C19H15N5O4S. The largest absolute Gasteiger partial charge is 0.486 e. The Hall–Kier alpha value is -3.79. The molecule has 0 atom stereocenters. The normalized spacial score (nSPS) is 12.6. The van der Waals surface area contributed by atoms with Gasteiger partial charge in [0, 0.05) is 5.56 Å². The fourth-order valence-corrected chi connectivity index (χ4v) is 3.23. The number of fused-ring (bicyclic) bond motifs is 1. The molecule has 0 saturated heterocycles. The average Bonchev–Trinajstić information content (AvgIpc) is 3.22. The van der Waals surface area contributed by atoms with Crippen molar-refractivity contribution in [2.24, 2.45) is 5.10 Å². The minimum Gasteiger partial charge on any atom is -0.486 e. The van der Waals surface area contributed by atoms with Gasteiger partial charge in [-0.25, -0.2) is 5.43 Å². The van der Waals surface area contributed by atoms with Gasteiger partial charge in [0.05, 0.1) is 6.21 Å². The lowest BCUT2D eigenvalue weighted by Gasteiger charge is -2.18. The van der Waals surface area contributed by atoms with Crippen LogP contribution in [-0.4, -0.2) is 41.4 Å². The van der Waals surface area contributed by atoms with Crippen LogP contribution in [0.5, 0.6) is 11.5 Å². The minimum atomic E-state index is -0.921. The molecule has 0 spiro atoms. The number of amides is 2. The zero-order valence-corrected chi connectivity index (χ0v) is 15.8. The van der Waals surface area contributed by atoms with Crippen LogP contribution < -0.4 is 20.2 Å². The second-order valence-corrected chi connectivity index (χ2v) is 6.81. The lowest BCUT2D eigenvalue weighted by molar-refractivity contribution is -0.136. The molecule has 1 aromatic heterocycles. The van der Waals surface area contributed by atoms with Gasteiger partial charge in [-0.1, -0.05) is 41.7 Å². The van der Waals surface area contributed by atoms with Crippen LogP contribution in [0.15, 0.2) is 53.6 Å². The molecule has 2 amide bonds. The summed E-state index contributed by atoms with van der Waals surface area (Å²) in [5.74, 6) is -0.547. The van der Waals surface area contributed by atoms with Crippen LogP contribution in [0.3, 0.4) is 0 Å². The molecule has 2 aromatic carbocycles. The number of nitrogens with zero attached hydrogens (tertiary/aromatic N) is 3. The highest BCUT2D eigenvalue weighted by Crippen LogP contribution is 2.30. The predicted octanol–water partition coefficient (Wildman–Crippen LogP) is 2.07. The van der Waals surface area contributed by atoms with E-state index in [4.69, 9.17) is 9.47 Å². The van der Waals surface area contributed by atoms with Crippen LogP contribution in [0, 0.1) is 0 Å². The van der Waals surface area contributed by atoms with Crippen molar-refractivity contribution in [2.45, 2.75) is 0 Å². The van der Waals surface area contributed by atoms with Gasteiger partial charge in [0.25, 0.3) is 0 Å². The molecular weight excluding hydrogens is 394 g/mol. The zero-order valence-electron chi connectivity index (χ0n) is 15.0. The van der Waals surface area contributed by atoms with Crippen LogP contribution in [0.4, 0.5) is 5.13 Å². The summed E-state index contributed by atoms with van der Waals surface area (Å²) < 4.78 is 10.9. The number of nitrogens with one attached hydrogen (secondary N) is 2. The maximum absolute atomic E-state index is 12.0. The first-order valence-electron chi connectivity index (χ1n) is 8.62. The van der Waals surface area contributed by atoms with Crippen LogP contribution in [0.25, 0.3) is 10.6 Å². The number of aromatic nitrogens is 2. The van der Waals surface area contributed by atoms with E-state index in [1.165, 1.54) is 17.6 Å². The molecule has 3 aromatic rings. The fraction of sp³-hybridized carbons (Fsp3) is 0.105. The summed E-state index contributed by atoms with van der Waals surface area (Å²) in [5, 5.41) is 14.9. The van der Waals surface area contributed by atoms with E-state index in [2.05, 4.69) is 26.0 Å². The van der Waals surface area contributed by atoms with E-state index in [1.807, 2.05) is 30.3 Å². The Bertz CT molecular complexity index is 1070. The number of anilines is 1. The molecule has 146 valence electrons. The third-order valence-electron chi connectivity index (χ3n) is 3.82. The van der Waals surface area contributed by atoms with Crippen molar-refractivity contribution >= 4 is 34.5 Å². The third kappa shape index (κ3) is 4.55. The summed E-state index contributed by atoms with van der Waals surface area (Å²) in [4.78, 5) is 23.9. The Morgan fingerprint density at radius 2 is 1.79 bits per heavy atom. The van der Waals surface area contributed by atoms with Gasteiger partial charge < -0.3 is 9.47 Å². The number of hydrogen-bond donors (Lipinski definition) is 2. The first kappa shape index (κ1) is 18.6. The van der Waals surface area contributed by atoms with E-state index >= 15 is 0 Å². The van der Waals surface area contributed by atoms with Gasteiger partial charge in [-0.05, 0) is 23.8 Å². The first-order chi connectivity index (χ1) is 14.2. The summed E-state index contributed by atoms with van der Waals surface area (Å²) in [5.41, 5.74) is 3.73. The van der Waals surface area contributed by atoms with Gasteiger partial charge >= 0.3 is 11.8 Å². The van der Waals surface area contributed by atoms with Crippen molar-refractivity contribution in [3.8, 4) is 22.1 Å². The summed E-state index contributed by atoms with van der Waals surface area (Å²) in [6, 6.07) is 14.7. The van der Waals surface area contributed by atoms with Crippen molar-refractivity contribution in [1.82, 2.24) is 15.6 Å². The molecule has 0 radical (unpaired) electrons. The Morgan fingerprint density at radius 1 is 1.00 bits per heavy atom. The SMILES string of the molecule is O=C(N/N=C\c1ccc2c(c1)OCCO2)C(=O)Nc1nnc(-c2ccccc2)s1. The van der Waals surface area contributed by atoms with Crippen molar-refractivity contribution in [3.63, 3.8) is 0 Å². The van der Waals surface area contributed by atoms with E-state index in [0.717, 1.165) is 5.56 Å². The second kappa shape index (κ2) is 8.48. The van der Waals surface area contributed by atoms with Crippen LogP contribution in [0.1, 0.15) is 5.56 Å². The lowest BCUT2D eigenvalue weighted by Crippen LogP contribution is -2.32. The summed E-state index contributed by atoms with van der Waals surface area (Å²) in [6.07, 6.45) is 1.40. The smallest absolute Gasteiger partial charge is 0.329 e. The van der Waals surface area contributed by atoms with E-state index in [-0.39, 0.29) is 5.13 Å².